The molecule has 0 aromatic carbocycles. The van der Waals surface area contributed by atoms with E-state index >= 15 is 0 Å². The topological polar surface area (TPSA) is 16.1 Å². The van der Waals surface area contributed by atoms with Crippen LogP contribution >= 0.6 is 11.6 Å². The third-order valence-corrected chi connectivity index (χ3v) is 3.94. The van der Waals surface area contributed by atoms with Crippen molar-refractivity contribution in [3.63, 3.8) is 0 Å². The molecule has 3 heteroatoms. The van der Waals surface area contributed by atoms with Crippen molar-refractivity contribution in [2.75, 3.05) is 18.0 Å². The number of hydrogen-bond donors (Lipinski definition) is 0. The monoisotopic (exact) mass is 252 g/mol. The summed E-state index contributed by atoms with van der Waals surface area (Å²) in [6.45, 7) is 6.96. The lowest BCUT2D eigenvalue weighted by Crippen LogP contribution is -2.25. The Morgan fingerprint density at radius 3 is 2.76 bits per heavy atom. The molecule has 2 heterocycles. The van der Waals surface area contributed by atoms with Crippen LogP contribution in [0.1, 0.15) is 38.7 Å². The largest absolute Gasteiger partial charge is 0.357 e. The number of alkyl halides is 1. The summed E-state index contributed by atoms with van der Waals surface area (Å²) < 4.78 is 0. The predicted molar refractivity (Wildman–Crippen MR) is 73.6 cm³/mol. The van der Waals surface area contributed by atoms with Gasteiger partial charge in [-0.05, 0) is 36.3 Å². The minimum Gasteiger partial charge on any atom is -0.357 e. The highest BCUT2D eigenvalue weighted by Crippen LogP contribution is 2.31. The highest BCUT2D eigenvalue weighted by atomic mass is 35.5. The molecule has 0 aliphatic carbocycles. The second-order valence-electron chi connectivity index (χ2n) is 5.66. The number of anilines is 1. The third-order valence-electron chi connectivity index (χ3n) is 3.63. The van der Waals surface area contributed by atoms with Gasteiger partial charge in [0.05, 0.1) is 0 Å². The number of hydrogen-bond acceptors (Lipinski definition) is 2. The molecule has 1 aliphatic heterocycles. The van der Waals surface area contributed by atoms with E-state index in [-0.39, 0.29) is 0 Å². The fourth-order valence-electron chi connectivity index (χ4n) is 2.33. The first-order valence-electron chi connectivity index (χ1n) is 6.37. The van der Waals surface area contributed by atoms with Gasteiger partial charge in [-0.15, -0.1) is 11.6 Å². The molecule has 1 aromatic rings. The van der Waals surface area contributed by atoms with E-state index in [0.29, 0.717) is 11.3 Å². The van der Waals surface area contributed by atoms with Gasteiger partial charge in [0, 0.05) is 25.2 Å². The molecule has 2 nitrogen and oxygen atoms in total. The quantitative estimate of drug-likeness (QED) is 0.744. The molecule has 0 unspecified atom stereocenters. The smallest absolute Gasteiger partial charge is 0.128 e. The Balaban J connectivity index is 2.06. The minimum atomic E-state index is 0.477. The number of pyridine rings is 1. The molecule has 0 radical (unpaired) electrons. The van der Waals surface area contributed by atoms with Crippen LogP contribution in [-0.2, 0) is 5.88 Å². The molecule has 94 valence electrons. The summed E-state index contributed by atoms with van der Waals surface area (Å²) in [6.07, 6.45) is 5.69. The van der Waals surface area contributed by atoms with Gasteiger partial charge in [-0.25, -0.2) is 4.98 Å². The van der Waals surface area contributed by atoms with Gasteiger partial charge in [0.25, 0.3) is 0 Å². The Bertz CT molecular complexity index is 359. The molecule has 1 fully saturated rings. The second kappa shape index (κ2) is 5.26. The summed E-state index contributed by atoms with van der Waals surface area (Å²) >= 11 is 5.77. The van der Waals surface area contributed by atoms with Crippen LogP contribution in [0.4, 0.5) is 5.82 Å². The van der Waals surface area contributed by atoms with Crippen molar-refractivity contribution < 1.29 is 0 Å². The molecule has 0 bridgehead atoms. The Kier molecular flexibility index (Phi) is 3.93. The maximum absolute atomic E-state index is 5.77. The van der Waals surface area contributed by atoms with Crippen LogP contribution in [0.25, 0.3) is 0 Å². The summed E-state index contributed by atoms with van der Waals surface area (Å²) in [5.41, 5.74) is 1.57. The standard InChI is InChI=1S/C14H21ClN2/c1-14(2)6-3-8-17(9-7-14)13-5-4-12(10-15)11-16-13/h4-5,11H,3,6-10H2,1-2H3. The Labute approximate surface area is 109 Å². The normalized spacial score (nSPS) is 20.1. The van der Waals surface area contributed by atoms with Gasteiger partial charge < -0.3 is 4.90 Å². The van der Waals surface area contributed by atoms with E-state index in [1.807, 2.05) is 6.20 Å². The third kappa shape index (κ3) is 3.35. The minimum absolute atomic E-state index is 0.477. The molecule has 0 saturated carbocycles. The SMILES string of the molecule is CC1(C)CCCN(c2ccc(CCl)cn2)CC1. The average Bonchev–Trinajstić information content (AvgIpc) is 2.50. The first kappa shape index (κ1) is 12.7. The van der Waals surface area contributed by atoms with Gasteiger partial charge in [0.15, 0.2) is 0 Å². The van der Waals surface area contributed by atoms with Crippen molar-refractivity contribution in [3.05, 3.63) is 23.9 Å². The zero-order valence-corrected chi connectivity index (χ0v) is 11.5. The number of rotatable bonds is 2. The molecule has 0 spiro atoms. The van der Waals surface area contributed by atoms with Crippen LogP contribution in [-0.4, -0.2) is 18.1 Å². The highest BCUT2D eigenvalue weighted by molar-refractivity contribution is 6.17. The summed E-state index contributed by atoms with van der Waals surface area (Å²) in [7, 11) is 0. The average molecular weight is 253 g/mol. The summed E-state index contributed by atoms with van der Waals surface area (Å²) in [4.78, 5) is 6.90. The second-order valence-corrected chi connectivity index (χ2v) is 5.93. The zero-order chi connectivity index (χ0) is 12.3. The van der Waals surface area contributed by atoms with Crippen LogP contribution in [0.3, 0.4) is 0 Å². The van der Waals surface area contributed by atoms with Gasteiger partial charge >= 0.3 is 0 Å². The first-order valence-corrected chi connectivity index (χ1v) is 6.90. The number of nitrogens with zero attached hydrogens (tertiary/aromatic N) is 2. The van der Waals surface area contributed by atoms with E-state index in [1.54, 1.807) is 0 Å². The molecule has 2 rings (SSSR count). The van der Waals surface area contributed by atoms with Gasteiger partial charge in [-0.3, -0.25) is 0 Å². The Hall–Kier alpha value is -0.760. The van der Waals surface area contributed by atoms with E-state index in [4.69, 9.17) is 11.6 Å². The van der Waals surface area contributed by atoms with Crippen molar-refractivity contribution in [1.82, 2.24) is 4.98 Å². The molecule has 0 atom stereocenters. The Morgan fingerprint density at radius 1 is 1.29 bits per heavy atom. The molecule has 0 amide bonds. The van der Waals surface area contributed by atoms with Crippen LogP contribution < -0.4 is 4.90 Å². The van der Waals surface area contributed by atoms with E-state index in [2.05, 4.69) is 35.9 Å². The summed E-state index contributed by atoms with van der Waals surface area (Å²) in [6, 6.07) is 4.17. The van der Waals surface area contributed by atoms with E-state index < -0.39 is 0 Å². The van der Waals surface area contributed by atoms with E-state index in [1.165, 1.54) is 19.3 Å². The number of halogens is 1. The first-order chi connectivity index (χ1) is 8.11. The number of aromatic nitrogens is 1. The molecular weight excluding hydrogens is 232 g/mol. The van der Waals surface area contributed by atoms with Crippen molar-refractivity contribution >= 4 is 17.4 Å². The van der Waals surface area contributed by atoms with Crippen molar-refractivity contribution in [3.8, 4) is 0 Å². The lowest BCUT2D eigenvalue weighted by molar-refractivity contribution is 0.325. The fraction of sp³-hybridized carbons (Fsp3) is 0.643. The van der Waals surface area contributed by atoms with Crippen LogP contribution in [0.15, 0.2) is 18.3 Å². The zero-order valence-electron chi connectivity index (χ0n) is 10.7. The van der Waals surface area contributed by atoms with Crippen molar-refractivity contribution in [2.45, 2.75) is 39.0 Å². The maximum Gasteiger partial charge on any atom is 0.128 e. The molecule has 1 aliphatic rings. The molecular formula is C14H21ClN2. The molecule has 1 saturated heterocycles. The van der Waals surface area contributed by atoms with Crippen molar-refractivity contribution in [1.29, 1.82) is 0 Å². The van der Waals surface area contributed by atoms with Gasteiger partial charge in [0.2, 0.25) is 0 Å². The Morgan fingerprint density at radius 2 is 2.12 bits per heavy atom. The predicted octanol–water partition coefficient (Wildman–Crippen LogP) is 3.84. The summed E-state index contributed by atoms with van der Waals surface area (Å²) in [5, 5.41) is 0. The van der Waals surface area contributed by atoms with Crippen LogP contribution in [0, 0.1) is 5.41 Å². The molecule has 0 N–H and O–H groups in total. The molecule has 17 heavy (non-hydrogen) atoms. The van der Waals surface area contributed by atoms with Crippen LogP contribution in [0.5, 0.6) is 0 Å². The van der Waals surface area contributed by atoms with Gasteiger partial charge in [-0.2, -0.15) is 0 Å². The molecule has 1 aromatic heterocycles. The fourth-order valence-corrected chi connectivity index (χ4v) is 2.49. The van der Waals surface area contributed by atoms with Crippen LogP contribution in [0.2, 0.25) is 0 Å². The lowest BCUT2D eigenvalue weighted by Gasteiger charge is -2.24. The van der Waals surface area contributed by atoms with E-state index in [0.717, 1.165) is 24.5 Å². The summed E-state index contributed by atoms with van der Waals surface area (Å²) in [5.74, 6) is 1.64. The van der Waals surface area contributed by atoms with Gasteiger partial charge in [-0.1, -0.05) is 19.9 Å². The van der Waals surface area contributed by atoms with E-state index in [9.17, 15) is 0 Å². The lowest BCUT2D eigenvalue weighted by atomic mass is 9.85. The highest BCUT2D eigenvalue weighted by Gasteiger charge is 2.23. The van der Waals surface area contributed by atoms with Gasteiger partial charge in [0.1, 0.15) is 5.82 Å². The van der Waals surface area contributed by atoms with Crippen molar-refractivity contribution in [2.24, 2.45) is 5.41 Å². The maximum atomic E-state index is 5.77.